The van der Waals surface area contributed by atoms with Crippen LogP contribution in [0.5, 0.6) is 11.5 Å². The number of unbranched alkanes of at least 4 members (excludes halogenated alkanes) is 1. The van der Waals surface area contributed by atoms with Gasteiger partial charge in [-0.2, -0.15) is 0 Å². The van der Waals surface area contributed by atoms with Gasteiger partial charge >= 0.3 is 5.97 Å². The maximum Gasteiger partial charge on any atom is 0.305 e. The summed E-state index contributed by atoms with van der Waals surface area (Å²) in [5.41, 5.74) is 0.848. The SMILES string of the molecule is CCCCOc1ccc(/C=C/C(=O)NCCCC(=O)OC)cc1OCC. The van der Waals surface area contributed by atoms with E-state index in [9.17, 15) is 9.59 Å². The molecule has 144 valence electrons. The van der Waals surface area contributed by atoms with E-state index in [-0.39, 0.29) is 18.3 Å². The number of esters is 1. The average Bonchev–Trinajstić information content (AvgIpc) is 2.65. The van der Waals surface area contributed by atoms with Crippen molar-refractivity contribution in [2.24, 2.45) is 0 Å². The van der Waals surface area contributed by atoms with E-state index in [0.29, 0.717) is 37.7 Å². The van der Waals surface area contributed by atoms with Gasteiger partial charge in [0.05, 0.1) is 20.3 Å². The molecule has 0 aliphatic rings. The Morgan fingerprint density at radius 1 is 1.12 bits per heavy atom. The van der Waals surface area contributed by atoms with Crippen LogP contribution in [0.4, 0.5) is 0 Å². The van der Waals surface area contributed by atoms with Gasteiger partial charge in [0.2, 0.25) is 5.91 Å². The van der Waals surface area contributed by atoms with Crippen molar-refractivity contribution in [3.8, 4) is 11.5 Å². The van der Waals surface area contributed by atoms with Gasteiger partial charge in [0.15, 0.2) is 11.5 Å². The van der Waals surface area contributed by atoms with Crippen LogP contribution in [0.1, 0.15) is 45.1 Å². The zero-order valence-corrected chi connectivity index (χ0v) is 15.9. The standard InChI is InChI=1S/C20H29NO5/c1-4-6-14-26-17-11-9-16(15-18(17)25-5-2)10-12-19(22)21-13-7-8-20(23)24-3/h9-12,15H,4-8,13-14H2,1-3H3,(H,21,22)/b12-10+. The molecule has 0 aliphatic carbocycles. The minimum atomic E-state index is -0.278. The Balaban J connectivity index is 2.56. The molecule has 0 saturated heterocycles. The van der Waals surface area contributed by atoms with Crippen molar-refractivity contribution in [2.75, 3.05) is 26.9 Å². The topological polar surface area (TPSA) is 73.9 Å². The molecule has 0 radical (unpaired) electrons. The maximum absolute atomic E-state index is 11.8. The van der Waals surface area contributed by atoms with E-state index in [4.69, 9.17) is 9.47 Å². The Bertz CT molecular complexity index is 598. The second-order valence-electron chi connectivity index (χ2n) is 5.65. The van der Waals surface area contributed by atoms with Gasteiger partial charge in [-0.15, -0.1) is 0 Å². The zero-order chi connectivity index (χ0) is 19.2. The molecular formula is C20H29NO5. The largest absolute Gasteiger partial charge is 0.490 e. The summed E-state index contributed by atoms with van der Waals surface area (Å²) in [7, 11) is 1.35. The van der Waals surface area contributed by atoms with Gasteiger partial charge in [0.25, 0.3) is 0 Å². The summed E-state index contributed by atoms with van der Waals surface area (Å²) in [6.07, 6.45) is 6.07. The molecule has 26 heavy (non-hydrogen) atoms. The maximum atomic E-state index is 11.8. The molecule has 0 aliphatic heterocycles. The Kier molecular flexibility index (Phi) is 10.6. The number of ether oxygens (including phenoxy) is 3. The third-order valence-electron chi connectivity index (χ3n) is 3.53. The van der Waals surface area contributed by atoms with E-state index < -0.39 is 0 Å². The van der Waals surface area contributed by atoms with E-state index in [1.165, 1.54) is 13.2 Å². The number of benzene rings is 1. The molecule has 0 aromatic heterocycles. The lowest BCUT2D eigenvalue weighted by atomic mass is 10.2. The molecule has 0 heterocycles. The highest BCUT2D eigenvalue weighted by atomic mass is 16.5. The second kappa shape index (κ2) is 12.8. The van der Waals surface area contributed by atoms with Gasteiger partial charge < -0.3 is 19.5 Å². The van der Waals surface area contributed by atoms with Crippen LogP contribution in [0.25, 0.3) is 6.08 Å². The van der Waals surface area contributed by atoms with Crippen LogP contribution in [0, 0.1) is 0 Å². The van der Waals surface area contributed by atoms with Gasteiger partial charge in [-0.1, -0.05) is 19.4 Å². The molecule has 1 amide bonds. The Hall–Kier alpha value is -2.50. The van der Waals surface area contributed by atoms with Crippen LogP contribution >= 0.6 is 0 Å². The van der Waals surface area contributed by atoms with Gasteiger partial charge in [-0.25, -0.2) is 0 Å². The normalized spacial score (nSPS) is 10.6. The van der Waals surface area contributed by atoms with Gasteiger partial charge in [0.1, 0.15) is 0 Å². The molecule has 1 aromatic rings. The predicted molar refractivity (Wildman–Crippen MR) is 101 cm³/mol. The van der Waals surface area contributed by atoms with E-state index in [1.54, 1.807) is 6.08 Å². The van der Waals surface area contributed by atoms with Crippen LogP contribution in [0.3, 0.4) is 0 Å². The van der Waals surface area contributed by atoms with Crippen molar-refractivity contribution in [1.29, 1.82) is 0 Å². The summed E-state index contributed by atoms with van der Waals surface area (Å²) < 4.78 is 15.9. The molecular weight excluding hydrogens is 334 g/mol. The number of carbonyl (C=O) groups is 2. The lowest BCUT2D eigenvalue weighted by molar-refractivity contribution is -0.140. The second-order valence-corrected chi connectivity index (χ2v) is 5.65. The number of methoxy groups -OCH3 is 1. The van der Waals surface area contributed by atoms with Crippen LogP contribution in [-0.4, -0.2) is 38.7 Å². The highest BCUT2D eigenvalue weighted by molar-refractivity contribution is 5.91. The first-order valence-corrected chi connectivity index (χ1v) is 9.03. The summed E-state index contributed by atoms with van der Waals surface area (Å²) >= 11 is 0. The molecule has 1 aromatic carbocycles. The number of amides is 1. The van der Waals surface area contributed by atoms with Gasteiger partial charge in [-0.05, 0) is 43.5 Å². The fraction of sp³-hybridized carbons (Fsp3) is 0.500. The van der Waals surface area contributed by atoms with Crippen molar-refractivity contribution in [3.05, 3.63) is 29.8 Å². The summed E-state index contributed by atoms with van der Waals surface area (Å²) in [4.78, 5) is 22.8. The minimum Gasteiger partial charge on any atom is -0.490 e. The van der Waals surface area contributed by atoms with E-state index >= 15 is 0 Å². The molecule has 6 nitrogen and oxygen atoms in total. The van der Waals surface area contributed by atoms with Crippen molar-refractivity contribution in [3.63, 3.8) is 0 Å². The first-order chi connectivity index (χ1) is 12.6. The fourth-order valence-corrected chi connectivity index (χ4v) is 2.12. The molecule has 0 unspecified atom stereocenters. The quantitative estimate of drug-likeness (QED) is 0.350. The van der Waals surface area contributed by atoms with E-state index in [1.807, 2.05) is 25.1 Å². The summed E-state index contributed by atoms with van der Waals surface area (Å²) in [6.45, 7) is 5.64. The number of rotatable bonds is 12. The Labute approximate surface area is 155 Å². The number of carbonyl (C=O) groups excluding carboxylic acids is 2. The monoisotopic (exact) mass is 363 g/mol. The van der Waals surface area contributed by atoms with Crippen LogP contribution in [0.2, 0.25) is 0 Å². The van der Waals surface area contributed by atoms with Gasteiger partial charge in [-0.3, -0.25) is 9.59 Å². The van der Waals surface area contributed by atoms with Crippen molar-refractivity contribution >= 4 is 18.0 Å². The molecule has 0 fully saturated rings. The summed E-state index contributed by atoms with van der Waals surface area (Å²) in [5.74, 6) is 0.893. The third-order valence-corrected chi connectivity index (χ3v) is 3.53. The highest BCUT2D eigenvalue weighted by Crippen LogP contribution is 2.29. The number of nitrogens with one attached hydrogen (secondary N) is 1. The third kappa shape index (κ3) is 8.55. The minimum absolute atomic E-state index is 0.212. The van der Waals surface area contributed by atoms with Crippen molar-refractivity contribution in [1.82, 2.24) is 5.32 Å². The van der Waals surface area contributed by atoms with E-state index in [0.717, 1.165) is 18.4 Å². The average molecular weight is 363 g/mol. The molecule has 6 heteroatoms. The number of hydrogen-bond acceptors (Lipinski definition) is 5. The predicted octanol–water partition coefficient (Wildman–Crippen LogP) is 3.35. The molecule has 0 spiro atoms. The molecule has 1 rings (SSSR count). The summed E-state index contributed by atoms with van der Waals surface area (Å²) in [5, 5.41) is 2.73. The lowest BCUT2D eigenvalue weighted by Gasteiger charge is -2.12. The van der Waals surface area contributed by atoms with Crippen LogP contribution < -0.4 is 14.8 Å². The molecule has 0 atom stereocenters. The fourth-order valence-electron chi connectivity index (χ4n) is 2.12. The highest BCUT2D eigenvalue weighted by Gasteiger charge is 2.06. The lowest BCUT2D eigenvalue weighted by Crippen LogP contribution is -2.22. The zero-order valence-electron chi connectivity index (χ0n) is 15.9. The first kappa shape index (κ1) is 21.5. The number of hydrogen-bond donors (Lipinski definition) is 1. The smallest absolute Gasteiger partial charge is 0.305 e. The first-order valence-electron chi connectivity index (χ1n) is 9.03. The molecule has 1 N–H and O–H groups in total. The van der Waals surface area contributed by atoms with Crippen molar-refractivity contribution < 1.29 is 23.8 Å². The van der Waals surface area contributed by atoms with Crippen LogP contribution in [0.15, 0.2) is 24.3 Å². The molecule has 0 saturated carbocycles. The molecule has 0 bridgehead atoms. The Morgan fingerprint density at radius 2 is 1.92 bits per heavy atom. The summed E-state index contributed by atoms with van der Waals surface area (Å²) in [6, 6.07) is 5.59. The van der Waals surface area contributed by atoms with E-state index in [2.05, 4.69) is 17.0 Å². The van der Waals surface area contributed by atoms with Crippen molar-refractivity contribution in [2.45, 2.75) is 39.5 Å². The van der Waals surface area contributed by atoms with Gasteiger partial charge in [0, 0.05) is 19.0 Å². The Morgan fingerprint density at radius 3 is 2.62 bits per heavy atom. The van der Waals surface area contributed by atoms with Crippen LogP contribution in [-0.2, 0) is 14.3 Å².